The molecule has 116 valence electrons. The second-order valence-electron chi connectivity index (χ2n) is 4.22. The molecule has 0 saturated heterocycles. The zero-order chi connectivity index (χ0) is 15.5. The number of carbonyl (C=O) groups excluding carboxylic acids is 2. The van der Waals surface area contributed by atoms with E-state index in [2.05, 4.69) is 5.32 Å². The highest BCUT2D eigenvalue weighted by atomic mass is 32.2. The van der Waals surface area contributed by atoms with Gasteiger partial charge in [0, 0.05) is 24.5 Å². The van der Waals surface area contributed by atoms with E-state index in [1.807, 2.05) is 0 Å². The first-order valence-electron chi connectivity index (χ1n) is 6.61. The van der Waals surface area contributed by atoms with Gasteiger partial charge in [-0.2, -0.15) is 11.8 Å². The Bertz CT molecular complexity index is 451. The van der Waals surface area contributed by atoms with Gasteiger partial charge in [-0.3, -0.25) is 9.59 Å². The summed E-state index contributed by atoms with van der Waals surface area (Å²) in [7, 11) is 0. The minimum atomic E-state index is -0.546. The van der Waals surface area contributed by atoms with Gasteiger partial charge in [-0.05, 0) is 36.4 Å². The number of benzene rings is 1. The van der Waals surface area contributed by atoms with Crippen LogP contribution in [0.2, 0.25) is 0 Å². The lowest BCUT2D eigenvalue weighted by molar-refractivity contribution is -0.119. The summed E-state index contributed by atoms with van der Waals surface area (Å²) in [6.45, 7) is 0.592. The second-order valence-corrected chi connectivity index (χ2v) is 5.45. The quantitative estimate of drug-likeness (QED) is 0.543. The summed E-state index contributed by atoms with van der Waals surface area (Å²) in [5.74, 6) is 1.49. The fraction of sp³-hybridized carbons (Fsp3) is 0.429. The third-order valence-electron chi connectivity index (χ3n) is 2.48. The zero-order valence-corrected chi connectivity index (χ0v) is 12.5. The molecule has 1 aromatic rings. The summed E-state index contributed by atoms with van der Waals surface area (Å²) in [6, 6.07) is 6.50. The van der Waals surface area contributed by atoms with Gasteiger partial charge in [0.05, 0.1) is 0 Å². The summed E-state index contributed by atoms with van der Waals surface area (Å²) in [4.78, 5) is 22.4. The van der Waals surface area contributed by atoms with Crippen LogP contribution in [-0.2, 0) is 4.79 Å². The van der Waals surface area contributed by atoms with Gasteiger partial charge in [0.2, 0.25) is 0 Å². The van der Waals surface area contributed by atoms with E-state index in [9.17, 15) is 9.59 Å². The number of amides is 2. The van der Waals surface area contributed by atoms with Gasteiger partial charge in [0.25, 0.3) is 11.8 Å². The van der Waals surface area contributed by atoms with Crippen LogP contribution in [0.3, 0.4) is 0 Å². The average molecular weight is 312 g/mol. The molecule has 7 heteroatoms. The van der Waals surface area contributed by atoms with Crippen molar-refractivity contribution >= 4 is 23.6 Å². The van der Waals surface area contributed by atoms with E-state index in [-0.39, 0.29) is 19.1 Å². The summed E-state index contributed by atoms with van der Waals surface area (Å²) < 4.78 is 5.11. The summed E-state index contributed by atoms with van der Waals surface area (Å²) in [5.41, 5.74) is 5.50. The van der Waals surface area contributed by atoms with E-state index < -0.39 is 5.91 Å². The first-order valence-corrected chi connectivity index (χ1v) is 7.77. The number of aliphatic hydroxyl groups excluding tert-OH is 1. The Morgan fingerprint density at radius 2 is 1.95 bits per heavy atom. The topological polar surface area (TPSA) is 102 Å². The van der Waals surface area contributed by atoms with Crippen molar-refractivity contribution < 1.29 is 19.4 Å². The van der Waals surface area contributed by atoms with Crippen LogP contribution in [0.1, 0.15) is 16.8 Å². The average Bonchev–Trinajstić information content (AvgIpc) is 2.49. The molecule has 0 aliphatic heterocycles. The molecule has 21 heavy (non-hydrogen) atoms. The Morgan fingerprint density at radius 1 is 1.24 bits per heavy atom. The minimum absolute atomic E-state index is 0.154. The van der Waals surface area contributed by atoms with E-state index >= 15 is 0 Å². The Labute approximate surface area is 128 Å². The SMILES string of the molecule is NC(=O)COc1ccc(C(=O)NCCSCCCO)cc1. The van der Waals surface area contributed by atoms with Crippen molar-refractivity contribution in [2.24, 2.45) is 5.73 Å². The number of ether oxygens (including phenoxy) is 1. The molecular weight excluding hydrogens is 292 g/mol. The lowest BCUT2D eigenvalue weighted by Gasteiger charge is -2.07. The first-order chi connectivity index (χ1) is 10.1. The van der Waals surface area contributed by atoms with Crippen molar-refractivity contribution in [3.05, 3.63) is 29.8 Å². The molecule has 1 aromatic carbocycles. The fourth-order valence-electron chi connectivity index (χ4n) is 1.46. The standard InChI is InChI=1S/C14H20N2O4S/c15-13(18)10-20-12-4-2-11(3-5-12)14(19)16-6-9-21-8-1-7-17/h2-5,17H,1,6-10H2,(H2,15,18)(H,16,19). The van der Waals surface area contributed by atoms with Crippen LogP contribution >= 0.6 is 11.8 Å². The third kappa shape index (κ3) is 7.57. The molecule has 0 saturated carbocycles. The second kappa shape index (κ2) is 10.1. The van der Waals surface area contributed by atoms with Gasteiger partial charge >= 0.3 is 0 Å². The lowest BCUT2D eigenvalue weighted by atomic mass is 10.2. The van der Waals surface area contributed by atoms with Crippen LogP contribution in [-0.4, -0.2) is 48.2 Å². The maximum absolute atomic E-state index is 11.8. The highest BCUT2D eigenvalue weighted by molar-refractivity contribution is 7.99. The predicted octanol–water partition coefficient (Wildman–Crippen LogP) is 0.396. The molecule has 0 radical (unpaired) electrons. The Hall–Kier alpha value is -1.73. The molecule has 0 aliphatic rings. The van der Waals surface area contributed by atoms with Crippen molar-refractivity contribution in [3.8, 4) is 5.75 Å². The smallest absolute Gasteiger partial charge is 0.255 e. The molecule has 0 spiro atoms. The van der Waals surface area contributed by atoms with Crippen LogP contribution < -0.4 is 15.8 Å². The van der Waals surface area contributed by atoms with Crippen molar-refractivity contribution in [2.45, 2.75) is 6.42 Å². The van der Waals surface area contributed by atoms with Crippen molar-refractivity contribution in [2.75, 3.05) is 31.3 Å². The Morgan fingerprint density at radius 3 is 2.57 bits per heavy atom. The molecule has 0 heterocycles. The summed E-state index contributed by atoms with van der Waals surface area (Å²) in [6.07, 6.45) is 0.769. The molecule has 0 aliphatic carbocycles. The number of rotatable bonds is 10. The van der Waals surface area contributed by atoms with E-state index in [1.165, 1.54) is 0 Å². The number of nitrogens with two attached hydrogens (primary N) is 1. The molecule has 6 nitrogen and oxygen atoms in total. The van der Waals surface area contributed by atoms with E-state index in [4.69, 9.17) is 15.6 Å². The number of primary amides is 1. The molecule has 4 N–H and O–H groups in total. The van der Waals surface area contributed by atoms with E-state index in [0.29, 0.717) is 17.9 Å². The number of hydrogen-bond donors (Lipinski definition) is 3. The number of nitrogens with one attached hydrogen (secondary N) is 1. The van der Waals surface area contributed by atoms with Crippen molar-refractivity contribution in [1.29, 1.82) is 0 Å². The van der Waals surface area contributed by atoms with Gasteiger partial charge in [0.1, 0.15) is 5.75 Å². The van der Waals surface area contributed by atoms with E-state index in [0.717, 1.165) is 17.9 Å². The zero-order valence-electron chi connectivity index (χ0n) is 11.7. The molecular formula is C14H20N2O4S. The van der Waals surface area contributed by atoms with Gasteiger partial charge in [0.15, 0.2) is 6.61 Å². The van der Waals surface area contributed by atoms with Crippen LogP contribution in [0.4, 0.5) is 0 Å². The number of thioether (sulfide) groups is 1. The monoisotopic (exact) mass is 312 g/mol. The predicted molar refractivity (Wildman–Crippen MR) is 82.5 cm³/mol. The van der Waals surface area contributed by atoms with Crippen LogP contribution in [0.25, 0.3) is 0 Å². The van der Waals surface area contributed by atoms with Gasteiger partial charge in [-0.1, -0.05) is 0 Å². The van der Waals surface area contributed by atoms with Crippen LogP contribution in [0.15, 0.2) is 24.3 Å². The number of aliphatic hydroxyl groups is 1. The fourth-order valence-corrected chi connectivity index (χ4v) is 2.25. The molecule has 0 aromatic heterocycles. The molecule has 0 atom stereocenters. The first kappa shape index (κ1) is 17.3. The normalized spacial score (nSPS) is 10.1. The van der Waals surface area contributed by atoms with Crippen molar-refractivity contribution in [1.82, 2.24) is 5.32 Å². The lowest BCUT2D eigenvalue weighted by Crippen LogP contribution is -2.25. The number of carbonyl (C=O) groups is 2. The molecule has 0 bridgehead atoms. The van der Waals surface area contributed by atoms with E-state index in [1.54, 1.807) is 36.0 Å². The third-order valence-corrected chi connectivity index (χ3v) is 3.55. The molecule has 2 amide bonds. The largest absolute Gasteiger partial charge is 0.484 e. The highest BCUT2D eigenvalue weighted by Gasteiger charge is 2.05. The Balaban J connectivity index is 2.29. The Kier molecular flexibility index (Phi) is 8.30. The maximum atomic E-state index is 11.8. The highest BCUT2D eigenvalue weighted by Crippen LogP contribution is 2.12. The van der Waals surface area contributed by atoms with Crippen molar-refractivity contribution in [3.63, 3.8) is 0 Å². The van der Waals surface area contributed by atoms with Gasteiger partial charge < -0.3 is 20.9 Å². The van der Waals surface area contributed by atoms with Gasteiger partial charge in [-0.15, -0.1) is 0 Å². The maximum Gasteiger partial charge on any atom is 0.255 e. The van der Waals surface area contributed by atoms with Crippen LogP contribution in [0.5, 0.6) is 5.75 Å². The summed E-state index contributed by atoms with van der Waals surface area (Å²) in [5, 5.41) is 11.4. The number of hydrogen-bond acceptors (Lipinski definition) is 5. The molecule has 0 fully saturated rings. The molecule has 0 unspecified atom stereocenters. The van der Waals surface area contributed by atoms with Crippen LogP contribution in [0, 0.1) is 0 Å². The minimum Gasteiger partial charge on any atom is -0.484 e. The van der Waals surface area contributed by atoms with Gasteiger partial charge in [-0.25, -0.2) is 0 Å². The summed E-state index contributed by atoms with van der Waals surface area (Å²) >= 11 is 1.69. The molecule has 1 rings (SSSR count).